The van der Waals surface area contributed by atoms with E-state index >= 15 is 0 Å². The molecule has 1 heterocycles. The first-order valence-corrected chi connectivity index (χ1v) is 9.02. The zero-order chi connectivity index (χ0) is 16.4. The van der Waals surface area contributed by atoms with Gasteiger partial charge in [0.05, 0.1) is 0 Å². The van der Waals surface area contributed by atoms with Gasteiger partial charge in [-0.25, -0.2) is 0 Å². The summed E-state index contributed by atoms with van der Waals surface area (Å²) in [6.07, 6.45) is 6.93. The van der Waals surface area contributed by atoms with Gasteiger partial charge in [0.2, 0.25) is 0 Å². The first-order valence-electron chi connectivity index (χ1n) is 9.02. The fraction of sp³-hybridized carbons (Fsp3) is 0.619. The molecule has 0 radical (unpaired) electrons. The highest BCUT2D eigenvalue weighted by atomic mass is 16.5. The molecule has 4 rings (SSSR count). The van der Waals surface area contributed by atoms with Gasteiger partial charge in [-0.2, -0.15) is 0 Å². The van der Waals surface area contributed by atoms with Gasteiger partial charge in [-0.1, -0.05) is 18.1 Å². The molecule has 0 fully saturated rings. The van der Waals surface area contributed by atoms with Crippen molar-refractivity contribution in [1.29, 1.82) is 0 Å². The molecule has 0 aromatic heterocycles. The second-order valence-corrected chi connectivity index (χ2v) is 8.79. The molecule has 0 spiro atoms. The normalized spacial score (nSPS) is 31.7. The minimum Gasteiger partial charge on any atom is -0.508 e. The van der Waals surface area contributed by atoms with Crippen LogP contribution in [-0.2, 0) is 6.42 Å². The van der Waals surface area contributed by atoms with Gasteiger partial charge in [0.15, 0.2) is 0 Å². The number of rotatable bonds is 0. The molecule has 0 bridgehead atoms. The van der Waals surface area contributed by atoms with Crippen molar-refractivity contribution in [3.8, 4) is 11.5 Å². The highest BCUT2D eigenvalue weighted by Gasteiger charge is 2.44. The van der Waals surface area contributed by atoms with Gasteiger partial charge in [0.1, 0.15) is 17.1 Å². The Morgan fingerprint density at radius 3 is 2.74 bits per heavy atom. The average Bonchev–Trinajstić information content (AvgIpc) is 2.57. The third-order valence-electron chi connectivity index (χ3n) is 6.40. The summed E-state index contributed by atoms with van der Waals surface area (Å²) in [6.45, 7) is 9.14. The standard InChI is InChI=1S/C21H28O2/c1-13-6-5-9-21(4)12-14-11-20(2,3)23-18-8-7-17(22)15(19(14)18)10-16(13)21/h7-8,14,22H,5-6,9-12H2,1-4H3/t14-,21-/m1/s1. The Labute approximate surface area is 139 Å². The van der Waals surface area contributed by atoms with E-state index in [0.717, 1.165) is 24.2 Å². The van der Waals surface area contributed by atoms with Gasteiger partial charge < -0.3 is 9.84 Å². The van der Waals surface area contributed by atoms with Gasteiger partial charge in [-0.05, 0) is 82.8 Å². The summed E-state index contributed by atoms with van der Waals surface area (Å²) >= 11 is 0. The number of hydrogen-bond acceptors (Lipinski definition) is 2. The zero-order valence-electron chi connectivity index (χ0n) is 14.8. The lowest BCUT2D eigenvalue weighted by Gasteiger charge is -2.42. The van der Waals surface area contributed by atoms with E-state index in [-0.39, 0.29) is 11.0 Å². The van der Waals surface area contributed by atoms with Crippen LogP contribution in [0.15, 0.2) is 23.3 Å². The molecule has 0 saturated carbocycles. The van der Waals surface area contributed by atoms with E-state index in [1.807, 2.05) is 12.1 Å². The maximum absolute atomic E-state index is 10.6. The molecule has 2 heteroatoms. The van der Waals surface area contributed by atoms with E-state index in [2.05, 4.69) is 27.7 Å². The van der Waals surface area contributed by atoms with Crippen LogP contribution in [0.5, 0.6) is 11.5 Å². The van der Waals surface area contributed by atoms with Crippen LogP contribution in [0.4, 0.5) is 0 Å². The quantitative estimate of drug-likeness (QED) is 0.642. The number of hydrogen-bond donors (Lipinski definition) is 1. The molecule has 2 atom stereocenters. The molecule has 1 aliphatic heterocycles. The fourth-order valence-corrected chi connectivity index (χ4v) is 5.43. The fourth-order valence-electron chi connectivity index (χ4n) is 5.43. The molecule has 23 heavy (non-hydrogen) atoms. The third-order valence-corrected chi connectivity index (χ3v) is 6.40. The van der Waals surface area contributed by atoms with Crippen molar-refractivity contribution in [3.63, 3.8) is 0 Å². The highest BCUT2D eigenvalue weighted by molar-refractivity contribution is 5.55. The second-order valence-electron chi connectivity index (χ2n) is 8.79. The van der Waals surface area contributed by atoms with Crippen LogP contribution >= 0.6 is 0 Å². The minimum atomic E-state index is -0.125. The van der Waals surface area contributed by atoms with E-state index in [1.165, 1.54) is 31.2 Å². The van der Waals surface area contributed by atoms with E-state index in [0.29, 0.717) is 11.7 Å². The lowest BCUT2D eigenvalue weighted by Crippen LogP contribution is -2.36. The summed E-state index contributed by atoms with van der Waals surface area (Å²) in [4.78, 5) is 0. The molecule has 0 saturated heterocycles. The Morgan fingerprint density at radius 2 is 1.96 bits per heavy atom. The lowest BCUT2D eigenvalue weighted by atomic mass is 9.66. The van der Waals surface area contributed by atoms with Crippen LogP contribution in [0, 0.1) is 5.41 Å². The van der Waals surface area contributed by atoms with Crippen LogP contribution in [-0.4, -0.2) is 10.7 Å². The first-order chi connectivity index (χ1) is 10.8. The van der Waals surface area contributed by atoms with Gasteiger partial charge in [0, 0.05) is 11.1 Å². The smallest absolute Gasteiger partial charge is 0.124 e. The van der Waals surface area contributed by atoms with E-state index < -0.39 is 0 Å². The van der Waals surface area contributed by atoms with Gasteiger partial charge in [-0.15, -0.1) is 0 Å². The minimum absolute atomic E-state index is 0.125. The van der Waals surface area contributed by atoms with E-state index in [1.54, 1.807) is 11.1 Å². The van der Waals surface area contributed by atoms with Gasteiger partial charge in [0.25, 0.3) is 0 Å². The molecule has 3 aliphatic rings. The number of phenolic OH excluding ortho intramolecular Hbond substituents is 1. The Balaban J connectivity index is 1.93. The number of benzene rings is 1. The van der Waals surface area contributed by atoms with Crippen LogP contribution in [0.2, 0.25) is 0 Å². The number of phenols is 1. The van der Waals surface area contributed by atoms with Gasteiger partial charge in [-0.3, -0.25) is 0 Å². The predicted molar refractivity (Wildman–Crippen MR) is 93.2 cm³/mol. The van der Waals surface area contributed by atoms with Crippen LogP contribution < -0.4 is 4.74 Å². The largest absolute Gasteiger partial charge is 0.508 e. The monoisotopic (exact) mass is 312 g/mol. The number of aromatic hydroxyl groups is 1. The first kappa shape index (κ1) is 15.1. The Kier molecular flexibility index (Phi) is 3.14. The summed E-state index contributed by atoms with van der Waals surface area (Å²) in [7, 11) is 0. The lowest BCUT2D eigenvalue weighted by molar-refractivity contribution is 0.0640. The topological polar surface area (TPSA) is 29.5 Å². The van der Waals surface area contributed by atoms with Gasteiger partial charge >= 0.3 is 0 Å². The molecular formula is C21H28O2. The molecule has 1 N–H and O–H groups in total. The van der Waals surface area contributed by atoms with Crippen molar-refractivity contribution in [1.82, 2.24) is 0 Å². The molecule has 1 aromatic rings. The number of fused-ring (bicyclic) bond motifs is 1. The summed E-state index contributed by atoms with van der Waals surface area (Å²) in [5.74, 6) is 1.94. The van der Waals surface area contributed by atoms with Crippen molar-refractivity contribution in [2.24, 2.45) is 5.41 Å². The Morgan fingerprint density at radius 1 is 1.17 bits per heavy atom. The zero-order valence-corrected chi connectivity index (χ0v) is 14.8. The second kappa shape index (κ2) is 4.78. The Hall–Kier alpha value is -1.44. The number of allylic oxidation sites excluding steroid dienone is 2. The van der Waals surface area contributed by atoms with Crippen LogP contribution in [0.1, 0.15) is 76.8 Å². The Bertz CT molecular complexity index is 698. The van der Waals surface area contributed by atoms with Crippen LogP contribution in [0.3, 0.4) is 0 Å². The molecule has 0 unspecified atom stereocenters. The molecule has 0 amide bonds. The molecule has 1 aromatic carbocycles. The third kappa shape index (κ3) is 2.29. The predicted octanol–water partition coefficient (Wildman–Crippen LogP) is 5.49. The van der Waals surface area contributed by atoms with Crippen molar-refractivity contribution < 1.29 is 9.84 Å². The highest BCUT2D eigenvalue weighted by Crippen LogP contribution is 2.57. The number of ether oxygens (including phenoxy) is 1. The SMILES string of the molecule is CC1=C2Cc3c(O)ccc4c3[C@H](CC(C)(C)O4)C[C@@]2(C)CCC1. The van der Waals surface area contributed by atoms with Crippen molar-refractivity contribution in [2.75, 3.05) is 0 Å². The van der Waals surface area contributed by atoms with Crippen molar-refractivity contribution >= 4 is 0 Å². The van der Waals surface area contributed by atoms with Crippen LogP contribution in [0.25, 0.3) is 0 Å². The molecule has 2 aliphatic carbocycles. The maximum Gasteiger partial charge on any atom is 0.124 e. The molecule has 2 nitrogen and oxygen atoms in total. The summed E-state index contributed by atoms with van der Waals surface area (Å²) < 4.78 is 6.26. The molecular weight excluding hydrogens is 284 g/mol. The summed E-state index contributed by atoms with van der Waals surface area (Å²) in [5.41, 5.74) is 5.71. The molecule has 124 valence electrons. The maximum atomic E-state index is 10.6. The average molecular weight is 312 g/mol. The van der Waals surface area contributed by atoms with E-state index in [9.17, 15) is 5.11 Å². The summed E-state index contributed by atoms with van der Waals surface area (Å²) in [5, 5.41) is 10.6. The van der Waals surface area contributed by atoms with E-state index in [4.69, 9.17) is 4.74 Å². The van der Waals surface area contributed by atoms with Crippen molar-refractivity contribution in [3.05, 3.63) is 34.4 Å². The van der Waals surface area contributed by atoms with Crippen molar-refractivity contribution in [2.45, 2.75) is 77.7 Å². The summed E-state index contributed by atoms with van der Waals surface area (Å²) in [6, 6.07) is 3.80.